The minimum absolute atomic E-state index is 0.0241. The standard InChI is InChI=1S/C18H21N5O/c1-22-10-16(15-4-2-3-5-17(15)22)18(24)21-13-6-8-14(9-7-13)23-12-19-11-20-23/h2-5,10-14H,6-9H2,1H3,(H,21,24). The van der Waals surface area contributed by atoms with Gasteiger partial charge in [0.1, 0.15) is 12.7 Å². The van der Waals surface area contributed by atoms with Gasteiger partial charge in [-0.2, -0.15) is 5.10 Å². The first-order chi connectivity index (χ1) is 11.7. The molecule has 24 heavy (non-hydrogen) atoms. The van der Waals surface area contributed by atoms with Crippen LogP contribution in [0.4, 0.5) is 0 Å². The largest absolute Gasteiger partial charge is 0.350 e. The third kappa shape index (κ3) is 2.68. The Balaban J connectivity index is 1.43. The smallest absolute Gasteiger partial charge is 0.253 e. The van der Waals surface area contributed by atoms with Gasteiger partial charge in [0.2, 0.25) is 0 Å². The van der Waals surface area contributed by atoms with Crippen molar-refractivity contribution < 1.29 is 4.79 Å². The fraction of sp³-hybridized carbons (Fsp3) is 0.389. The summed E-state index contributed by atoms with van der Waals surface area (Å²) >= 11 is 0. The number of para-hydroxylation sites is 1. The van der Waals surface area contributed by atoms with Gasteiger partial charge in [-0.15, -0.1) is 0 Å². The molecule has 0 saturated heterocycles. The Morgan fingerprint density at radius 1 is 1.21 bits per heavy atom. The summed E-state index contributed by atoms with van der Waals surface area (Å²) in [7, 11) is 1.97. The van der Waals surface area contributed by atoms with Gasteiger partial charge in [-0.25, -0.2) is 9.67 Å². The highest BCUT2D eigenvalue weighted by Crippen LogP contribution is 2.28. The number of benzene rings is 1. The van der Waals surface area contributed by atoms with Crippen molar-refractivity contribution in [1.29, 1.82) is 0 Å². The molecule has 2 aromatic heterocycles. The minimum Gasteiger partial charge on any atom is -0.350 e. The fourth-order valence-corrected chi connectivity index (χ4v) is 3.68. The molecule has 0 unspecified atom stereocenters. The van der Waals surface area contributed by atoms with Crippen molar-refractivity contribution in [3.63, 3.8) is 0 Å². The molecular formula is C18H21N5O. The fourth-order valence-electron chi connectivity index (χ4n) is 3.68. The molecule has 0 bridgehead atoms. The molecule has 1 aliphatic carbocycles. The van der Waals surface area contributed by atoms with E-state index in [-0.39, 0.29) is 11.9 Å². The number of hydrogen-bond acceptors (Lipinski definition) is 3. The van der Waals surface area contributed by atoms with Crippen molar-refractivity contribution in [2.75, 3.05) is 0 Å². The molecule has 1 aromatic carbocycles. The van der Waals surface area contributed by atoms with Gasteiger partial charge in [-0.3, -0.25) is 4.79 Å². The molecule has 124 valence electrons. The molecule has 0 radical (unpaired) electrons. The average Bonchev–Trinajstić information content (AvgIpc) is 3.25. The minimum atomic E-state index is 0.0241. The number of nitrogens with zero attached hydrogens (tertiary/aromatic N) is 4. The van der Waals surface area contributed by atoms with E-state index in [0.29, 0.717) is 6.04 Å². The SMILES string of the molecule is Cn1cc(C(=O)NC2CCC(n3cncn3)CC2)c2ccccc21. The molecule has 0 atom stereocenters. The first-order valence-electron chi connectivity index (χ1n) is 8.41. The Labute approximate surface area is 140 Å². The van der Waals surface area contributed by atoms with Gasteiger partial charge in [-0.1, -0.05) is 18.2 Å². The lowest BCUT2D eigenvalue weighted by molar-refractivity contribution is 0.0923. The number of carbonyl (C=O) groups excluding carboxylic acids is 1. The van der Waals surface area contributed by atoms with E-state index in [1.165, 1.54) is 0 Å². The topological polar surface area (TPSA) is 64.7 Å². The normalized spacial score (nSPS) is 21.0. The molecular weight excluding hydrogens is 302 g/mol. The van der Waals surface area contributed by atoms with E-state index in [1.54, 1.807) is 12.7 Å². The number of rotatable bonds is 3. The van der Waals surface area contributed by atoms with E-state index >= 15 is 0 Å². The first-order valence-corrected chi connectivity index (χ1v) is 8.41. The monoisotopic (exact) mass is 323 g/mol. The van der Waals surface area contributed by atoms with Crippen LogP contribution in [0, 0.1) is 0 Å². The van der Waals surface area contributed by atoms with Gasteiger partial charge in [-0.05, 0) is 31.7 Å². The lowest BCUT2D eigenvalue weighted by atomic mass is 9.91. The van der Waals surface area contributed by atoms with E-state index in [0.717, 1.165) is 42.1 Å². The summed E-state index contributed by atoms with van der Waals surface area (Å²) in [5.74, 6) is 0.0241. The Morgan fingerprint density at radius 2 is 2.00 bits per heavy atom. The van der Waals surface area contributed by atoms with E-state index < -0.39 is 0 Å². The van der Waals surface area contributed by atoms with Gasteiger partial charge in [0.15, 0.2) is 0 Å². The Bertz CT molecular complexity index is 844. The van der Waals surface area contributed by atoms with Gasteiger partial charge in [0.25, 0.3) is 5.91 Å². The molecule has 0 spiro atoms. The number of nitrogens with one attached hydrogen (secondary N) is 1. The van der Waals surface area contributed by atoms with Crippen LogP contribution in [0.2, 0.25) is 0 Å². The third-order valence-corrected chi connectivity index (χ3v) is 4.98. The lowest BCUT2D eigenvalue weighted by Crippen LogP contribution is -2.38. The number of hydrogen-bond donors (Lipinski definition) is 1. The van der Waals surface area contributed by atoms with Gasteiger partial charge >= 0.3 is 0 Å². The zero-order chi connectivity index (χ0) is 16.5. The van der Waals surface area contributed by atoms with Crippen molar-refractivity contribution in [3.05, 3.63) is 48.7 Å². The van der Waals surface area contributed by atoms with E-state index in [1.807, 2.05) is 46.8 Å². The molecule has 3 aromatic rings. The summed E-state index contributed by atoms with van der Waals surface area (Å²) in [6.07, 6.45) is 9.25. The molecule has 1 N–H and O–H groups in total. The molecule has 1 fully saturated rings. The van der Waals surface area contributed by atoms with E-state index in [9.17, 15) is 4.79 Å². The first kappa shape index (κ1) is 14.9. The molecule has 4 rings (SSSR count). The summed E-state index contributed by atoms with van der Waals surface area (Å²) in [6.45, 7) is 0. The molecule has 2 heterocycles. The predicted octanol–water partition coefficient (Wildman–Crippen LogP) is 2.68. The van der Waals surface area contributed by atoms with E-state index in [2.05, 4.69) is 15.4 Å². The van der Waals surface area contributed by atoms with Crippen molar-refractivity contribution in [2.45, 2.75) is 37.8 Å². The molecule has 1 saturated carbocycles. The average molecular weight is 323 g/mol. The summed E-state index contributed by atoms with van der Waals surface area (Å²) in [5.41, 5.74) is 1.84. The van der Waals surface area contributed by atoms with Crippen molar-refractivity contribution >= 4 is 16.8 Å². The Hall–Kier alpha value is -2.63. The summed E-state index contributed by atoms with van der Waals surface area (Å²) in [6, 6.07) is 8.65. The number of aromatic nitrogens is 4. The highest BCUT2D eigenvalue weighted by Gasteiger charge is 2.25. The van der Waals surface area contributed by atoms with Crippen LogP contribution < -0.4 is 5.32 Å². The maximum atomic E-state index is 12.7. The van der Waals surface area contributed by atoms with Crippen LogP contribution in [-0.4, -0.2) is 31.3 Å². The second-order valence-corrected chi connectivity index (χ2v) is 6.53. The molecule has 6 heteroatoms. The van der Waals surface area contributed by atoms with Crippen LogP contribution in [0.15, 0.2) is 43.1 Å². The van der Waals surface area contributed by atoms with Crippen LogP contribution in [0.5, 0.6) is 0 Å². The molecule has 6 nitrogen and oxygen atoms in total. The molecule has 0 aliphatic heterocycles. The Morgan fingerprint density at radius 3 is 2.75 bits per heavy atom. The Kier molecular flexibility index (Phi) is 3.80. The maximum absolute atomic E-state index is 12.7. The van der Waals surface area contributed by atoms with E-state index in [4.69, 9.17) is 0 Å². The van der Waals surface area contributed by atoms with Gasteiger partial charge in [0.05, 0.1) is 11.6 Å². The number of amides is 1. The molecule has 1 aliphatic rings. The van der Waals surface area contributed by atoms with Gasteiger partial charge < -0.3 is 9.88 Å². The number of fused-ring (bicyclic) bond motifs is 1. The number of carbonyl (C=O) groups is 1. The van der Waals surface area contributed by atoms with Crippen LogP contribution in [0.1, 0.15) is 42.1 Å². The predicted molar refractivity (Wildman–Crippen MR) is 91.7 cm³/mol. The second-order valence-electron chi connectivity index (χ2n) is 6.53. The van der Waals surface area contributed by atoms with Crippen LogP contribution >= 0.6 is 0 Å². The summed E-state index contributed by atoms with van der Waals surface area (Å²) in [5, 5.41) is 8.44. The maximum Gasteiger partial charge on any atom is 0.253 e. The molecule has 1 amide bonds. The van der Waals surface area contributed by atoms with Crippen LogP contribution in [0.3, 0.4) is 0 Å². The quantitative estimate of drug-likeness (QED) is 0.806. The highest BCUT2D eigenvalue weighted by atomic mass is 16.1. The van der Waals surface area contributed by atoms with Crippen LogP contribution in [-0.2, 0) is 7.05 Å². The summed E-state index contributed by atoms with van der Waals surface area (Å²) < 4.78 is 3.94. The second kappa shape index (κ2) is 6.11. The highest BCUT2D eigenvalue weighted by molar-refractivity contribution is 6.07. The van der Waals surface area contributed by atoms with Crippen molar-refractivity contribution in [1.82, 2.24) is 24.6 Å². The zero-order valence-electron chi connectivity index (χ0n) is 13.7. The lowest BCUT2D eigenvalue weighted by Gasteiger charge is -2.28. The zero-order valence-corrected chi connectivity index (χ0v) is 13.7. The van der Waals surface area contributed by atoms with Crippen molar-refractivity contribution in [3.8, 4) is 0 Å². The van der Waals surface area contributed by atoms with Crippen molar-refractivity contribution in [2.24, 2.45) is 7.05 Å². The number of aryl methyl sites for hydroxylation is 1. The summed E-state index contributed by atoms with van der Waals surface area (Å²) in [4.78, 5) is 16.7. The third-order valence-electron chi connectivity index (χ3n) is 4.98. The van der Waals surface area contributed by atoms with Crippen LogP contribution in [0.25, 0.3) is 10.9 Å². The van der Waals surface area contributed by atoms with Gasteiger partial charge in [0, 0.05) is 30.2 Å².